The molecule has 0 aromatic heterocycles. The molecule has 110 valence electrons. The lowest BCUT2D eigenvalue weighted by Gasteiger charge is -2.50. The molecule has 0 bridgehead atoms. The summed E-state index contributed by atoms with van der Waals surface area (Å²) >= 11 is 0. The summed E-state index contributed by atoms with van der Waals surface area (Å²) in [5.74, 6) is 0.337. The van der Waals surface area contributed by atoms with Crippen molar-refractivity contribution in [2.24, 2.45) is 5.92 Å². The molecule has 19 heavy (non-hydrogen) atoms. The summed E-state index contributed by atoms with van der Waals surface area (Å²) in [7, 11) is 0. The van der Waals surface area contributed by atoms with E-state index in [4.69, 9.17) is 4.74 Å². The molecule has 2 fully saturated rings. The Balaban J connectivity index is 2.26. The topological polar surface area (TPSA) is 53.6 Å². The molecule has 0 aromatic carbocycles. The van der Waals surface area contributed by atoms with E-state index in [2.05, 4.69) is 22.5 Å². The molecule has 2 N–H and O–H groups in total. The molecule has 2 unspecified atom stereocenters. The SMILES string of the molecule is CCOC(=O)C1(N2CCNCC2)CCNCC1CC. The summed E-state index contributed by atoms with van der Waals surface area (Å²) in [4.78, 5) is 15.0. The number of nitrogens with one attached hydrogen (secondary N) is 2. The van der Waals surface area contributed by atoms with Crippen molar-refractivity contribution in [1.82, 2.24) is 15.5 Å². The number of piperidine rings is 1. The summed E-state index contributed by atoms with van der Waals surface area (Å²) in [6.07, 6.45) is 1.88. The maximum atomic E-state index is 12.7. The molecule has 2 saturated heterocycles. The molecule has 0 spiro atoms. The van der Waals surface area contributed by atoms with Crippen LogP contribution in [-0.4, -0.2) is 62.3 Å². The van der Waals surface area contributed by atoms with E-state index in [-0.39, 0.29) is 5.97 Å². The van der Waals surface area contributed by atoms with Crippen molar-refractivity contribution in [3.8, 4) is 0 Å². The second-order valence-electron chi connectivity index (χ2n) is 5.44. The van der Waals surface area contributed by atoms with Crippen molar-refractivity contribution in [2.75, 3.05) is 45.9 Å². The fourth-order valence-electron chi connectivity index (χ4n) is 3.54. The van der Waals surface area contributed by atoms with Crippen molar-refractivity contribution in [3.05, 3.63) is 0 Å². The van der Waals surface area contributed by atoms with Crippen LogP contribution in [-0.2, 0) is 9.53 Å². The highest BCUT2D eigenvalue weighted by molar-refractivity contribution is 5.81. The smallest absolute Gasteiger partial charge is 0.326 e. The molecule has 0 saturated carbocycles. The van der Waals surface area contributed by atoms with Gasteiger partial charge in [0.25, 0.3) is 0 Å². The van der Waals surface area contributed by atoms with Gasteiger partial charge >= 0.3 is 5.97 Å². The summed E-state index contributed by atoms with van der Waals surface area (Å²) in [6, 6.07) is 0. The van der Waals surface area contributed by atoms with Crippen LogP contribution in [0.25, 0.3) is 0 Å². The zero-order valence-electron chi connectivity index (χ0n) is 12.2. The van der Waals surface area contributed by atoms with Gasteiger partial charge in [-0.15, -0.1) is 0 Å². The van der Waals surface area contributed by atoms with Gasteiger partial charge in [-0.3, -0.25) is 9.69 Å². The number of hydrogen-bond acceptors (Lipinski definition) is 5. The van der Waals surface area contributed by atoms with Crippen molar-refractivity contribution in [1.29, 1.82) is 0 Å². The van der Waals surface area contributed by atoms with Crippen LogP contribution in [0, 0.1) is 5.92 Å². The quantitative estimate of drug-likeness (QED) is 0.715. The number of ether oxygens (including phenoxy) is 1. The van der Waals surface area contributed by atoms with E-state index in [0.29, 0.717) is 12.5 Å². The largest absolute Gasteiger partial charge is 0.465 e. The van der Waals surface area contributed by atoms with Crippen LogP contribution in [0.2, 0.25) is 0 Å². The minimum absolute atomic E-state index is 0.00903. The van der Waals surface area contributed by atoms with Gasteiger partial charge in [0.05, 0.1) is 6.61 Å². The summed E-state index contributed by atoms with van der Waals surface area (Å²) < 4.78 is 5.44. The van der Waals surface area contributed by atoms with Gasteiger partial charge in [-0.1, -0.05) is 6.92 Å². The van der Waals surface area contributed by atoms with Crippen LogP contribution >= 0.6 is 0 Å². The fourth-order valence-corrected chi connectivity index (χ4v) is 3.54. The predicted octanol–water partition coefficient (Wildman–Crippen LogP) is 0.213. The normalized spacial score (nSPS) is 33.1. The monoisotopic (exact) mass is 269 g/mol. The molecule has 2 heterocycles. The highest BCUT2D eigenvalue weighted by Gasteiger charge is 2.51. The Hall–Kier alpha value is -0.650. The van der Waals surface area contributed by atoms with E-state index in [1.165, 1.54) is 0 Å². The maximum absolute atomic E-state index is 12.7. The van der Waals surface area contributed by atoms with E-state index >= 15 is 0 Å². The molecule has 0 aliphatic carbocycles. The Morgan fingerprint density at radius 2 is 2.00 bits per heavy atom. The molecule has 2 aliphatic rings. The third-order valence-electron chi connectivity index (χ3n) is 4.55. The lowest BCUT2D eigenvalue weighted by atomic mass is 9.75. The number of piperazine rings is 1. The first kappa shape index (κ1) is 14.8. The first-order chi connectivity index (χ1) is 9.25. The molecule has 5 nitrogen and oxygen atoms in total. The summed E-state index contributed by atoms with van der Waals surface area (Å²) in [5.41, 5.74) is -0.405. The van der Waals surface area contributed by atoms with Crippen LogP contribution in [0.1, 0.15) is 26.7 Å². The highest BCUT2D eigenvalue weighted by Crippen LogP contribution is 2.35. The van der Waals surface area contributed by atoms with Gasteiger partial charge in [0.1, 0.15) is 5.54 Å². The highest BCUT2D eigenvalue weighted by atomic mass is 16.5. The Morgan fingerprint density at radius 3 is 2.63 bits per heavy atom. The molecule has 2 aliphatic heterocycles. The number of rotatable bonds is 4. The molecule has 0 aromatic rings. The zero-order valence-corrected chi connectivity index (χ0v) is 12.2. The van der Waals surface area contributed by atoms with Crippen molar-refractivity contribution < 1.29 is 9.53 Å². The molecular weight excluding hydrogens is 242 g/mol. The van der Waals surface area contributed by atoms with Gasteiger partial charge < -0.3 is 15.4 Å². The minimum atomic E-state index is -0.405. The average Bonchev–Trinajstić information content (AvgIpc) is 2.48. The Kier molecular flexibility index (Phi) is 5.19. The number of carbonyl (C=O) groups excluding carboxylic acids is 1. The number of esters is 1. The second kappa shape index (κ2) is 6.68. The van der Waals surface area contributed by atoms with Gasteiger partial charge in [-0.05, 0) is 26.3 Å². The minimum Gasteiger partial charge on any atom is -0.465 e. The van der Waals surface area contributed by atoms with Crippen LogP contribution in [0.3, 0.4) is 0 Å². The summed E-state index contributed by atoms with van der Waals surface area (Å²) in [6.45, 7) is 10.2. The molecule has 0 amide bonds. The lowest BCUT2D eigenvalue weighted by Crippen LogP contribution is -2.68. The van der Waals surface area contributed by atoms with Crippen LogP contribution in [0.4, 0.5) is 0 Å². The van der Waals surface area contributed by atoms with E-state index in [1.54, 1.807) is 0 Å². The fraction of sp³-hybridized carbons (Fsp3) is 0.929. The molecule has 0 radical (unpaired) electrons. The van der Waals surface area contributed by atoms with E-state index < -0.39 is 5.54 Å². The van der Waals surface area contributed by atoms with Gasteiger partial charge in [0.2, 0.25) is 0 Å². The number of carbonyl (C=O) groups is 1. The third kappa shape index (κ3) is 2.78. The van der Waals surface area contributed by atoms with Crippen molar-refractivity contribution >= 4 is 5.97 Å². The van der Waals surface area contributed by atoms with Crippen molar-refractivity contribution in [3.63, 3.8) is 0 Å². The van der Waals surface area contributed by atoms with E-state index in [0.717, 1.165) is 52.1 Å². The maximum Gasteiger partial charge on any atom is 0.326 e. The number of hydrogen-bond donors (Lipinski definition) is 2. The molecule has 5 heteroatoms. The Morgan fingerprint density at radius 1 is 1.26 bits per heavy atom. The second-order valence-corrected chi connectivity index (χ2v) is 5.44. The van der Waals surface area contributed by atoms with Gasteiger partial charge in [0, 0.05) is 38.6 Å². The van der Waals surface area contributed by atoms with Crippen LogP contribution < -0.4 is 10.6 Å². The lowest BCUT2D eigenvalue weighted by molar-refractivity contribution is -0.166. The van der Waals surface area contributed by atoms with Gasteiger partial charge in [-0.25, -0.2) is 0 Å². The van der Waals surface area contributed by atoms with Crippen LogP contribution in [0.5, 0.6) is 0 Å². The predicted molar refractivity (Wildman–Crippen MR) is 75.1 cm³/mol. The summed E-state index contributed by atoms with van der Waals surface area (Å²) in [5, 5.41) is 6.79. The first-order valence-corrected chi connectivity index (χ1v) is 7.59. The third-order valence-corrected chi connectivity index (χ3v) is 4.55. The Labute approximate surface area is 116 Å². The van der Waals surface area contributed by atoms with E-state index in [9.17, 15) is 4.79 Å². The van der Waals surface area contributed by atoms with Crippen LogP contribution in [0.15, 0.2) is 0 Å². The van der Waals surface area contributed by atoms with E-state index in [1.807, 2.05) is 6.92 Å². The number of nitrogens with zero attached hydrogens (tertiary/aromatic N) is 1. The molecule has 2 rings (SSSR count). The standard InChI is InChI=1S/C14H27N3O2/c1-3-12-11-16-6-5-14(12,13(18)19-4-2)17-9-7-15-8-10-17/h12,15-16H,3-11H2,1-2H3. The molecule has 2 atom stereocenters. The zero-order chi connectivity index (χ0) is 13.7. The van der Waals surface area contributed by atoms with Gasteiger partial charge in [0.15, 0.2) is 0 Å². The average molecular weight is 269 g/mol. The molecular formula is C14H27N3O2. The Bertz CT molecular complexity index is 305. The van der Waals surface area contributed by atoms with Gasteiger partial charge in [-0.2, -0.15) is 0 Å². The van der Waals surface area contributed by atoms with Crippen molar-refractivity contribution in [2.45, 2.75) is 32.2 Å². The first-order valence-electron chi connectivity index (χ1n) is 7.59.